The Morgan fingerprint density at radius 2 is 1.87 bits per heavy atom. The fourth-order valence-electron chi connectivity index (χ4n) is 2.21. The Bertz CT molecular complexity index is 1020. The van der Waals surface area contributed by atoms with E-state index in [0.717, 1.165) is 0 Å². The van der Waals surface area contributed by atoms with Gasteiger partial charge in [-0.15, -0.1) is 0 Å². The standard InChI is InChI=1S/C15H13ClN2O4S/c1-18-13-7-6-12(8-14(13)22-15(18)19)17-23(20,21)9-10-2-4-11(16)5-3-10/h2-8,17H,9H2,1H3. The molecule has 0 fully saturated rings. The fraction of sp³-hybridized carbons (Fsp3) is 0.133. The molecule has 0 aliphatic carbocycles. The second kappa shape index (κ2) is 5.75. The molecule has 0 amide bonds. The van der Waals surface area contributed by atoms with Gasteiger partial charge in [-0.2, -0.15) is 0 Å². The van der Waals surface area contributed by atoms with Crippen molar-refractivity contribution in [3.63, 3.8) is 0 Å². The minimum Gasteiger partial charge on any atom is -0.408 e. The maximum absolute atomic E-state index is 12.2. The zero-order chi connectivity index (χ0) is 16.6. The molecular weight excluding hydrogens is 340 g/mol. The van der Waals surface area contributed by atoms with Crippen molar-refractivity contribution in [1.82, 2.24) is 4.57 Å². The van der Waals surface area contributed by atoms with Crippen LogP contribution in [0.1, 0.15) is 5.56 Å². The molecule has 1 heterocycles. The van der Waals surface area contributed by atoms with Crippen LogP contribution in [0.15, 0.2) is 51.7 Å². The number of nitrogens with zero attached hydrogens (tertiary/aromatic N) is 1. The van der Waals surface area contributed by atoms with Gasteiger partial charge in [0, 0.05) is 18.1 Å². The third-order valence-corrected chi connectivity index (χ3v) is 4.85. The van der Waals surface area contributed by atoms with Crippen molar-refractivity contribution < 1.29 is 12.8 Å². The van der Waals surface area contributed by atoms with Crippen molar-refractivity contribution in [2.45, 2.75) is 5.75 Å². The maximum atomic E-state index is 12.2. The molecule has 1 N–H and O–H groups in total. The van der Waals surface area contributed by atoms with Crippen LogP contribution in [0.2, 0.25) is 5.02 Å². The average molecular weight is 353 g/mol. The third kappa shape index (κ3) is 3.40. The van der Waals surface area contributed by atoms with Crippen molar-refractivity contribution in [2.75, 3.05) is 4.72 Å². The predicted octanol–water partition coefficient (Wildman–Crippen LogP) is 2.73. The smallest absolute Gasteiger partial charge is 0.408 e. The molecule has 120 valence electrons. The minimum absolute atomic E-state index is 0.180. The van der Waals surface area contributed by atoms with Crippen molar-refractivity contribution in [2.24, 2.45) is 7.05 Å². The highest BCUT2D eigenvalue weighted by atomic mass is 35.5. The molecule has 0 aliphatic rings. The fourth-order valence-corrected chi connectivity index (χ4v) is 3.53. The van der Waals surface area contributed by atoms with E-state index in [1.54, 1.807) is 43.4 Å². The van der Waals surface area contributed by atoms with Crippen molar-refractivity contribution in [3.05, 3.63) is 63.6 Å². The van der Waals surface area contributed by atoms with Gasteiger partial charge in [-0.1, -0.05) is 23.7 Å². The van der Waals surface area contributed by atoms with Crippen LogP contribution in [0, 0.1) is 0 Å². The second-order valence-electron chi connectivity index (χ2n) is 5.10. The first-order valence-electron chi connectivity index (χ1n) is 6.68. The summed E-state index contributed by atoms with van der Waals surface area (Å²) in [6.07, 6.45) is 0. The molecule has 0 saturated carbocycles. The molecule has 0 saturated heterocycles. The number of oxazole rings is 1. The first-order chi connectivity index (χ1) is 10.8. The van der Waals surface area contributed by atoms with Crippen LogP contribution in [0.4, 0.5) is 5.69 Å². The van der Waals surface area contributed by atoms with E-state index >= 15 is 0 Å². The van der Waals surface area contributed by atoms with Crippen LogP contribution >= 0.6 is 11.6 Å². The summed E-state index contributed by atoms with van der Waals surface area (Å²) >= 11 is 5.78. The molecule has 0 aliphatic heterocycles. The number of fused-ring (bicyclic) bond motifs is 1. The van der Waals surface area contributed by atoms with E-state index in [1.807, 2.05) is 0 Å². The lowest BCUT2D eigenvalue weighted by atomic mass is 10.2. The van der Waals surface area contributed by atoms with E-state index in [-0.39, 0.29) is 5.75 Å². The molecule has 0 unspecified atom stereocenters. The van der Waals surface area contributed by atoms with Gasteiger partial charge in [0.2, 0.25) is 10.0 Å². The number of aryl methyl sites for hydroxylation is 1. The van der Waals surface area contributed by atoms with Crippen LogP contribution in [0.25, 0.3) is 11.1 Å². The first kappa shape index (κ1) is 15.6. The zero-order valence-electron chi connectivity index (χ0n) is 12.1. The summed E-state index contributed by atoms with van der Waals surface area (Å²) in [5.41, 5.74) is 1.87. The average Bonchev–Trinajstić information content (AvgIpc) is 2.75. The topological polar surface area (TPSA) is 81.3 Å². The molecule has 3 rings (SSSR count). The highest BCUT2D eigenvalue weighted by Gasteiger charge is 2.13. The lowest BCUT2D eigenvalue weighted by molar-refractivity contribution is 0.528. The highest BCUT2D eigenvalue weighted by molar-refractivity contribution is 7.91. The molecule has 0 radical (unpaired) electrons. The van der Waals surface area contributed by atoms with Crippen molar-refractivity contribution in [1.29, 1.82) is 0 Å². The van der Waals surface area contributed by atoms with Gasteiger partial charge in [0.1, 0.15) is 0 Å². The Morgan fingerprint density at radius 1 is 1.17 bits per heavy atom. The SMILES string of the molecule is Cn1c(=O)oc2cc(NS(=O)(=O)Cc3ccc(Cl)cc3)ccc21. The van der Waals surface area contributed by atoms with Gasteiger partial charge in [0.15, 0.2) is 5.58 Å². The largest absolute Gasteiger partial charge is 0.419 e. The van der Waals surface area contributed by atoms with E-state index in [9.17, 15) is 13.2 Å². The molecule has 2 aromatic carbocycles. The molecule has 0 bridgehead atoms. The lowest BCUT2D eigenvalue weighted by Gasteiger charge is -2.08. The number of anilines is 1. The number of rotatable bonds is 4. The summed E-state index contributed by atoms with van der Waals surface area (Å²) in [7, 11) is -2.01. The predicted molar refractivity (Wildman–Crippen MR) is 89.2 cm³/mol. The Morgan fingerprint density at radius 3 is 2.57 bits per heavy atom. The maximum Gasteiger partial charge on any atom is 0.419 e. The second-order valence-corrected chi connectivity index (χ2v) is 7.26. The molecule has 0 spiro atoms. The van der Waals surface area contributed by atoms with Crippen molar-refractivity contribution in [3.8, 4) is 0 Å². The van der Waals surface area contributed by atoms with Gasteiger partial charge >= 0.3 is 5.76 Å². The Labute approximate surface area is 137 Å². The normalized spacial score (nSPS) is 11.7. The molecule has 8 heteroatoms. The summed E-state index contributed by atoms with van der Waals surface area (Å²) in [5, 5.41) is 0.545. The zero-order valence-corrected chi connectivity index (χ0v) is 13.7. The summed E-state index contributed by atoms with van der Waals surface area (Å²) in [6.45, 7) is 0. The summed E-state index contributed by atoms with van der Waals surface area (Å²) in [4.78, 5) is 11.5. The van der Waals surface area contributed by atoms with E-state index in [2.05, 4.69) is 4.72 Å². The molecule has 23 heavy (non-hydrogen) atoms. The number of hydrogen-bond acceptors (Lipinski definition) is 4. The number of aromatic nitrogens is 1. The summed E-state index contributed by atoms with van der Waals surface area (Å²) < 4.78 is 33.3. The van der Waals surface area contributed by atoms with Gasteiger partial charge in [0.25, 0.3) is 0 Å². The van der Waals surface area contributed by atoms with Crippen LogP contribution in [-0.2, 0) is 22.8 Å². The van der Waals surface area contributed by atoms with Gasteiger partial charge in [0.05, 0.1) is 17.0 Å². The molecule has 3 aromatic rings. The van der Waals surface area contributed by atoms with Gasteiger partial charge < -0.3 is 4.42 Å². The lowest BCUT2D eigenvalue weighted by Crippen LogP contribution is -2.15. The third-order valence-electron chi connectivity index (χ3n) is 3.34. The van der Waals surface area contributed by atoms with Crippen LogP contribution in [-0.4, -0.2) is 13.0 Å². The first-order valence-corrected chi connectivity index (χ1v) is 8.72. The summed E-state index contributed by atoms with van der Waals surface area (Å²) in [6, 6.07) is 11.3. The summed E-state index contributed by atoms with van der Waals surface area (Å²) in [5.74, 6) is -0.679. The van der Waals surface area contributed by atoms with Crippen LogP contribution < -0.4 is 10.5 Å². The van der Waals surface area contributed by atoms with Crippen LogP contribution in [0.5, 0.6) is 0 Å². The van der Waals surface area contributed by atoms with Crippen molar-refractivity contribution >= 4 is 38.4 Å². The number of benzene rings is 2. The molecule has 1 aromatic heterocycles. The minimum atomic E-state index is -3.59. The monoisotopic (exact) mass is 352 g/mol. The van der Waals surface area contributed by atoms with Gasteiger partial charge in [-0.25, -0.2) is 13.2 Å². The number of sulfonamides is 1. The molecule has 0 atom stereocenters. The number of hydrogen-bond donors (Lipinski definition) is 1. The van der Waals surface area contributed by atoms with E-state index in [1.165, 1.54) is 10.6 Å². The van der Waals surface area contributed by atoms with E-state index in [0.29, 0.717) is 27.4 Å². The van der Waals surface area contributed by atoms with E-state index < -0.39 is 15.8 Å². The Balaban J connectivity index is 1.85. The quantitative estimate of drug-likeness (QED) is 0.782. The molecular formula is C15H13ClN2O4S. The molecule has 6 nitrogen and oxygen atoms in total. The Hall–Kier alpha value is -2.25. The van der Waals surface area contributed by atoms with Crippen LogP contribution in [0.3, 0.4) is 0 Å². The van der Waals surface area contributed by atoms with E-state index in [4.69, 9.17) is 16.0 Å². The van der Waals surface area contributed by atoms with Gasteiger partial charge in [-0.3, -0.25) is 9.29 Å². The van der Waals surface area contributed by atoms with Gasteiger partial charge in [-0.05, 0) is 29.8 Å². The number of nitrogens with one attached hydrogen (secondary N) is 1. The Kier molecular flexibility index (Phi) is 3.91. The highest BCUT2D eigenvalue weighted by Crippen LogP contribution is 2.20. The number of halogens is 1.